The van der Waals surface area contributed by atoms with Gasteiger partial charge in [-0.2, -0.15) is 0 Å². The summed E-state index contributed by atoms with van der Waals surface area (Å²) in [4.78, 5) is 14.3. The van der Waals surface area contributed by atoms with Crippen molar-refractivity contribution in [3.8, 4) is 5.75 Å². The number of likely N-dealkylation sites (N-methyl/N-ethyl adjacent to an activating group) is 1. The van der Waals surface area contributed by atoms with Gasteiger partial charge in [0.05, 0.1) is 7.11 Å². The molecule has 1 aliphatic rings. The number of rotatable bonds is 7. The summed E-state index contributed by atoms with van der Waals surface area (Å²) in [7, 11) is 3.63. The molecule has 0 radical (unpaired) electrons. The minimum absolute atomic E-state index is 0.263. The van der Waals surface area contributed by atoms with Crippen molar-refractivity contribution in [1.29, 1.82) is 0 Å². The minimum Gasteiger partial charge on any atom is -0.497 e. The lowest BCUT2D eigenvalue weighted by Gasteiger charge is -2.25. The first-order chi connectivity index (χ1) is 10.0. The summed E-state index contributed by atoms with van der Waals surface area (Å²) in [5.74, 6) is 0.250. The molecule has 0 spiro atoms. The molecule has 0 saturated heterocycles. The van der Waals surface area contributed by atoms with E-state index in [1.54, 1.807) is 31.4 Å². The highest BCUT2D eigenvalue weighted by Gasteiger charge is 2.29. The quantitative estimate of drug-likeness (QED) is 0.796. The van der Waals surface area contributed by atoms with Crippen LogP contribution in [0.1, 0.15) is 31.4 Å². The van der Waals surface area contributed by atoms with Gasteiger partial charge in [0.25, 0.3) is 5.91 Å². The van der Waals surface area contributed by atoms with E-state index in [0.29, 0.717) is 23.9 Å². The van der Waals surface area contributed by atoms with Crippen LogP contribution in [0, 0.1) is 0 Å². The van der Waals surface area contributed by atoms with Crippen LogP contribution >= 0.6 is 0 Å². The average molecular weight is 292 g/mol. The highest BCUT2D eigenvalue weighted by Crippen LogP contribution is 2.26. The second kappa shape index (κ2) is 6.91. The Kier molecular flexibility index (Phi) is 5.20. The Labute approximate surface area is 125 Å². The van der Waals surface area contributed by atoms with Crippen LogP contribution in [0.25, 0.3) is 0 Å². The molecule has 2 unspecified atom stereocenters. The smallest absolute Gasteiger partial charge is 0.253 e. The highest BCUT2D eigenvalue weighted by molar-refractivity contribution is 5.82. The molecule has 2 N–H and O–H groups in total. The monoisotopic (exact) mass is 292 g/mol. The molecule has 1 aliphatic carbocycles. The second-order valence-corrected chi connectivity index (χ2v) is 5.67. The molecular weight excluding hydrogens is 268 g/mol. The lowest BCUT2D eigenvalue weighted by Crippen LogP contribution is -2.42. The molecule has 1 fully saturated rings. The molecule has 5 nitrogen and oxygen atoms in total. The highest BCUT2D eigenvalue weighted by atomic mass is 16.5. The number of methoxy groups -OCH3 is 1. The van der Waals surface area contributed by atoms with E-state index in [0.717, 1.165) is 0 Å². The van der Waals surface area contributed by atoms with Crippen LogP contribution in [0.3, 0.4) is 0 Å². The van der Waals surface area contributed by atoms with Gasteiger partial charge in [0.2, 0.25) is 0 Å². The molecule has 116 valence electrons. The van der Waals surface area contributed by atoms with Crippen molar-refractivity contribution < 1.29 is 14.6 Å². The Morgan fingerprint density at radius 1 is 1.52 bits per heavy atom. The Morgan fingerprint density at radius 3 is 2.86 bits per heavy atom. The third-order valence-electron chi connectivity index (χ3n) is 4.05. The molecular formula is C16H24N2O3. The molecule has 2 rings (SSSR count). The van der Waals surface area contributed by atoms with E-state index in [2.05, 4.69) is 24.2 Å². The van der Waals surface area contributed by atoms with Gasteiger partial charge in [0.1, 0.15) is 5.75 Å². The first-order valence-corrected chi connectivity index (χ1v) is 7.34. The summed E-state index contributed by atoms with van der Waals surface area (Å²) in [5, 5.41) is 12.9. The number of hydrogen-bond donors (Lipinski definition) is 2. The summed E-state index contributed by atoms with van der Waals surface area (Å²) >= 11 is 0. The number of aliphatic hydroxyl groups is 1. The van der Waals surface area contributed by atoms with Crippen LogP contribution in [0.5, 0.6) is 5.75 Å². The van der Waals surface area contributed by atoms with E-state index in [1.807, 2.05) is 0 Å². The van der Waals surface area contributed by atoms with Crippen molar-refractivity contribution in [2.45, 2.75) is 38.0 Å². The average Bonchev–Trinajstić information content (AvgIpc) is 3.35. The molecule has 1 amide bonds. The summed E-state index contributed by atoms with van der Waals surface area (Å²) in [6.45, 7) is 2.61. The molecule has 1 saturated carbocycles. The number of amides is 1. The Bertz CT molecular complexity index is 488. The van der Waals surface area contributed by atoms with Crippen molar-refractivity contribution in [3.05, 3.63) is 29.8 Å². The fourth-order valence-electron chi connectivity index (χ4n) is 2.29. The van der Waals surface area contributed by atoms with Crippen molar-refractivity contribution in [2.24, 2.45) is 0 Å². The zero-order valence-electron chi connectivity index (χ0n) is 12.9. The van der Waals surface area contributed by atoms with E-state index in [-0.39, 0.29) is 11.9 Å². The van der Waals surface area contributed by atoms with Gasteiger partial charge in [-0.05, 0) is 44.5 Å². The molecule has 0 heterocycles. The number of nitrogens with zero attached hydrogens (tertiary/aromatic N) is 1. The van der Waals surface area contributed by atoms with E-state index in [9.17, 15) is 9.90 Å². The van der Waals surface area contributed by atoms with Crippen molar-refractivity contribution in [1.82, 2.24) is 10.2 Å². The van der Waals surface area contributed by atoms with Crippen LogP contribution in [0.15, 0.2) is 24.3 Å². The molecule has 5 heteroatoms. The van der Waals surface area contributed by atoms with Gasteiger partial charge in [-0.3, -0.25) is 9.69 Å². The largest absolute Gasteiger partial charge is 0.497 e. The van der Waals surface area contributed by atoms with Gasteiger partial charge in [-0.1, -0.05) is 12.1 Å². The van der Waals surface area contributed by atoms with Gasteiger partial charge < -0.3 is 15.2 Å². The van der Waals surface area contributed by atoms with E-state index >= 15 is 0 Å². The number of carbonyl (C=O) groups is 1. The molecule has 1 aromatic rings. The predicted molar refractivity (Wildman–Crippen MR) is 81.2 cm³/mol. The minimum atomic E-state index is -1.17. The van der Waals surface area contributed by atoms with Crippen LogP contribution in [-0.4, -0.2) is 48.7 Å². The fraction of sp³-hybridized carbons (Fsp3) is 0.562. The number of hydrogen-bond acceptors (Lipinski definition) is 4. The fourth-order valence-corrected chi connectivity index (χ4v) is 2.29. The van der Waals surface area contributed by atoms with Gasteiger partial charge in [0, 0.05) is 18.6 Å². The molecule has 0 bridgehead atoms. The summed E-state index contributed by atoms with van der Waals surface area (Å²) in [5.41, 5.74) is 0.537. The molecule has 1 aromatic carbocycles. The predicted octanol–water partition coefficient (Wildman–Crippen LogP) is 1.33. The van der Waals surface area contributed by atoms with Gasteiger partial charge in [-0.25, -0.2) is 0 Å². The zero-order chi connectivity index (χ0) is 15.4. The van der Waals surface area contributed by atoms with Gasteiger partial charge in [0.15, 0.2) is 6.10 Å². The zero-order valence-corrected chi connectivity index (χ0v) is 12.9. The number of benzene rings is 1. The number of nitrogens with one attached hydrogen (secondary N) is 1. The standard InChI is InChI=1S/C16H24N2O3/c1-11(18(2)13-7-8-13)10-17-16(20)15(19)12-5-4-6-14(9-12)21-3/h4-6,9,11,13,15,19H,7-8,10H2,1-3H3,(H,17,20). The van der Waals surface area contributed by atoms with Crippen molar-refractivity contribution in [2.75, 3.05) is 20.7 Å². The van der Waals surface area contributed by atoms with Crippen LogP contribution < -0.4 is 10.1 Å². The maximum atomic E-state index is 12.0. The maximum Gasteiger partial charge on any atom is 0.253 e. The Morgan fingerprint density at radius 2 is 2.24 bits per heavy atom. The van der Waals surface area contributed by atoms with Gasteiger partial charge >= 0.3 is 0 Å². The number of ether oxygens (including phenoxy) is 1. The maximum absolute atomic E-state index is 12.0. The first kappa shape index (κ1) is 15.8. The number of carbonyl (C=O) groups excluding carboxylic acids is 1. The third kappa shape index (κ3) is 4.19. The van der Waals surface area contributed by atoms with Crippen molar-refractivity contribution in [3.63, 3.8) is 0 Å². The third-order valence-corrected chi connectivity index (χ3v) is 4.05. The molecule has 2 atom stereocenters. The summed E-state index contributed by atoms with van der Waals surface area (Å²) in [6, 6.07) is 7.84. The van der Waals surface area contributed by atoms with E-state index in [4.69, 9.17) is 4.74 Å². The number of aliphatic hydroxyl groups excluding tert-OH is 1. The van der Waals surface area contributed by atoms with Gasteiger partial charge in [-0.15, -0.1) is 0 Å². The molecule has 0 aromatic heterocycles. The lowest BCUT2D eigenvalue weighted by atomic mass is 10.1. The normalized spacial score (nSPS) is 17.4. The summed E-state index contributed by atoms with van der Waals surface area (Å²) in [6.07, 6.45) is 1.31. The van der Waals surface area contributed by atoms with E-state index in [1.165, 1.54) is 12.8 Å². The van der Waals surface area contributed by atoms with Crippen LogP contribution in [-0.2, 0) is 4.79 Å². The lowest BCUT2D eigenvalue weighted by molar-refractivity contribution is -0.129. The van der Waals surface area contributed by atoms with Crippen LogP contribution in [0.2, 0.25) is 0 Å². The SMILES string of the molecule is COc1cccc(C(O)C(=O)NCC(C)N(C)C2CC2)c1. The molecule has 21 heavy (non-hydrogen) atoms. The molecule has 0 aliphatic heterocycles. The summed E-state index contributed by atoms with van der Waals surface area (Å²) < 4.78 is 5.10. The Hall–Kier alpha value is -1.59. The topological polar surface area (TPSA) is 61.8 Å². The van der Waals surface area contributed by atoms with Crippen LogP contribution in [0.4, 0.5) is 0 Å². The second-order valence-electron chi connectivity index (χ2n) is 5.67. The van der Waals surface area contributed by atoms with E-state index < -0.39 is 6.10 Å². The Balaban J connectivity index is 1.86. The first-order valence-electron chi connectivity index (χ1n) is 7.34. The van der Waals surface area contributed by atoms with Crippen molar-refractivity contribution >= 4 is 5.91 Å².